The molecule has 0 fully saturated rings. The number of fused-ring (bicyclic) bond motifs is 4. The summed E-state index contributed by atoms with van der Waals surface area (Å²) < 4.78 is 88.8. The molecule has 0 aliphatic carbocycles. The number of alkyl halides is 6. The van der Waals surface area contributed by atoms with Crippen molar-refractivity contribution in [3.05, 3.63) is 95.6 Å². The van der Waals surface area contributed by atoms with Crippen LogP contribution in [0.4, 0.5) is 43.4 Å². The molecule has 0 bridgehead atoms. The van der Waals surface area contributed by atoms with Gasteiger partial charge in [-0.3, -0.25) is 0 Å². The lowest BCUT2D eigenvalue weighted by molar-refractivity contribution is -0.138. The Hall–Kier alpha value is -3.88. The molecule has 0 saturated heterocycles. The Labute approximate surface area is 221 Å². The van der Waals surface area contributed by atoms with E-state index in [-0.39, 0.29) is 22.1 Å². The van der Waals surface area contributed by atoms with Crippen molar-refractivity contribution in [3.63, 3.8) is 0 Å². The van der Waals surface area contributed by atoms with Crippen molar-refractivity contribution < 1.29 is 31.1 Å². The zero-order valence-corrected chi connectivity index (χ0v) is 21.2. The summed E-state index contributed by atoms with van der Waals surface area (Å²) in [5, 5.41) is 0. The zero-order chi connectivity index (χ0) is 27.9. The molecule has 0 N–H and O–H groups in total. The van der Waals surface area contributed by atoms with Crippen LogP contribution in [0.5, 0.6) is 11.5 Å². The van der Waals surface area contributed by atoms with E-state index in [1.807, 2.05) is 35.2 Å². The van der Waals surface area contributed by atoms with E-state index in [9.17, 15) is 26.3 Å². The first-order chi connectivity index (χ1) is 18.2. The average Bonchev–Trinajstić information content (AvgIpc) is 2.86. The Morgan fingerprint density at radius 2 is 1.21 bits per heavy atom. The molecule has 39 heavy (non-hydrogen) atoms. The Bertz CT molecular complexity index is 1600. The number of hydrogen-bond donors (Lipinski definition) is 0. The van der Waals surface area contributed by atoms with E-state index in [1.54, 1.807) is 12.1 Å². The molecule has 0 radical (unpaired) electrons. The molecule has 198 valence electrons. The molecule has 0 saturated carbocycles. The van der Waals surface area contributed by atoms with Crippen LogP contribution in [0.15, 0.2) is 78.9 Å². The maximum atomic E-state index is 13.9. The predicted octanol–water partition coefficient (Wildman–Crippen LogP) is 7.43. The van der Waals surface area contributed by atoms with Gasteiger partial charge < -0.3 is 9.64 Å². The van der Waals surface area contributed by atoms with Gasteiger partial charge in [-0.05, 0) is 75.9 Å². The summed E-state index contributed by atoms with van der Waals surface area (Å²) in [6.45, 7) is 5.36. The van der Waals surface area contributed by atoms with Gasteiger partial charge in [0, 0.05) is 17.1 Å². The molecule has 0 unspecified atom stereocenters. The highest BCUT2D eigenvalue weighted by atomic mass is 19.4. The fourth-order valence-electron chi connectivity index (χ4n) is 5.43. The summed E-state index contributed by atoms with van der Waals surface area (Å²) in [7, 11) is 0. The number of benzene rings is 4. The molecule has 6 rings (SSSR count). The van der Waals surface area contributed by atoms with Crippen molar-refractivity contribution in [1.82, 2.24) is 0 Å². The molecule has 4 aromatic carbocycles. The Balaban J connectivity index is 1.63. The lowest BCUT2D eigenvalue weighted by Crippen LogP contribution is -2.59. The predicted molar refractivity (Wildman–Crippen MR) is 141 cm³/mol. The highest BCUT2D eigenvalue weighted by molar-refractivity contribution is 6.99. The summed E-state index contributed by atoms with van der Waals surface area (Å²) in [4.78, 5) is 1.85. The monoisotopic (exact) mass is 537 g/mol. The van der Waals surface area contributed by atoms with Crippen LogP contribution in [0.2, 0.25) is 0 Å². The molecule has 0 spiro atoms. The SMILES string of the molecule is CC(C)(C)c1ccc(N2c3ccc(C(F)(F)F)cc3B3c4cc(C(F)(F)F)ccc4Oc4cccc2c43)cc1. The van der Waals surface area contributed by atoms with Crippen LogP contribution >= 0.6 is 0 Å². The number of halogens is 6. The Morgan fingerprint density at radius 1 is 0.615 bits per heavy atom. The molecule has 2 nitrogen and oxygen atoms in total. The fourth-order valence-corrected chi connectivity index (χ4v) is 5.43. The molecule has 0 atom stereocenters. The van der Waals surface area contributed by atoms with E-state index in [0.717, 1.165) is 29.8 Å². The lowest BCUT2D eigenvalue weighted by atomic mass is 9.34. The topological polar surface area (TPSA) is 12.5 Å². The Morgan fingerprint density at radius 3 is 1.82 bits per heavy atom. The molecule has 4 aromatic rings. The van der Waals surface area contributed by atoms with Gasteiger partial charge in [0.2, 0.25) is 0 Å². The van der Waals surface area contributed by atoms with Crippen molar-refractivity contribution in [2.24, 2.45) is 0 Å². The van der Waals surface area contributed by atoms with E-state index in [4.69, 9.17) is 4.74 Å². The van der Waals surface area contributed by atoms with Gasteiger partial charge in [0.15, 0.2) is 0 Å². The Kier molecular flexibility index (Phi) is 5.41. The summed E-state index contributed by atoms with van der Waals surface area (Å²) in [6.07, 6.45) is -9.25. The molecule has 2 heterocycles. The standard InChI is InChI=1S/C30H22BF6NO/c1-28(2,3)17-7-11-20(12-8-17)38-23-13-9-18(29(32,33)34)15-21(23)31-22-16-19(30(35,36)37)10-14-25(22)39-26-6-4-5-24(38)27(26)31/h4-16H,1-3H3. The maximum absolute atomic E-state index is 13.9. The van der Waals surface area contributed by atoms with Crippen LogP contribution in [0.25, 0.3) is 0 Å². The minimum atomic E-state index is -4.63. The van der Waals surface area contributed by atoms with Crippen LogP contribution in [-0.4, -0.2) is 6.71 Å². The van der Waals surface area contributed by atoms with Gasteiger partial charge in [0.05, 0.1) is 11.1 Å². The van der Waals surface area contributed by atoms with E-state index in [0.29, 0.717) is 28.3 Å². The van der Waals surface area contributed by atoms with E-state index in [2.05, 4.69) is 20.8 Å². The van der Waals surface area contributed by atoms with E-state index >= 15 is 0 Å². The molecule has 2 aliphatic heterocycles. The third-order valence-electron chi connectivity index (χ3n) is 7.34. The number of nitrogens with zero attached hydrogens (tertiary/aromatic N) is 1. The van der Waals surface area contributed by atoms with Gasteiger partial charge in [-0.2, -0.15) is 26.3 Å². The molecule has 0 amide bonds. The second-order valence-corrected chi connectivity index (χ2v) is 10.9. The quantitative estimate of drug-likeness (QED) is 0.160. The third-order valence-corrected chi connectivity index (χ3v) is 7.34. The summed E-state index contributed by atoms with van der Waals surface area (Å²) in [5.41, 5.74) is 1.99. The van der Waals surface area contributed by atoms with Gasteiger partial charge in [-0.15, -0.1) is 0 Å². The first-order valence-corrected chi connectivity index (χ1v) is 12.4. The highest BCUT2D eigenvalue weighted by Crippen LogP contribution is 2.43. The van der Waals surface area contributed by atoms with Gasteiger partial charge in [-0.1, -0.05) is 51.1 Å². The minimum absolute atomic E-state index is 0.106. The van der Waals surface area contributed by atoms with Crippen molar-refractivity contribution in [1.29, 1.82) is 0 Å². The minimum Gasteiger partial charge on any atom is -0.458 e. The van der Waals surface area contributed by atoms with Crippen molar-refractivity contribution in [2.45, 2.75) is 38.5 Å². The van der Waals surface area contributed by atoms with E-state index in [1.165, 1.54) is 12.1 Å². The number of ether oxygens (including phenoxy) is 1. The molecular weight excluding hydrogens is 515 g/mol. The molecule has 0 aromatic heterocycles. The number of anilines is 3. The van der Waals surface area contributed by atoms with Crippen LogP contribution < -0.4 is 26.0 Å². The van der Waals surface area contributed by atoms with Crippen molar-refractivity contribution >= 4 is 40.2 Å². The van der Waals surface area contributed by atoms with Crippen LogP contribution in [0.3, 0.4) is 0 Å². The first kappa shape index (κ1) is 25.4. The summed E-state index contributed by atoms with van der Waals surface area (Å²) in [5.74, 6) is 0.577. The molecule has 2 aliphatic rings. The number of hydrogen-bond acceptors (Lipinski definition) is 2. The average molecular weight is 537 g/mol. The third kappa shape index (κ3) is 4.15. The molecule has 9 heteroatoms. The first-order valence-electron chi connectivity index (χ1n) is 12.4. The number of rotatable bonds is 1. The van der Waals surface area contributed by atoms with Crippen molar-refractivity contribution in [2.75, 3.05) is 4.90 Å². The normalized spacial score (nSPS) is 14.4. The summed E-state index contributed by atoms with van der Waals surface area (Å²) >= 11 is 0. The van der Waals surface area contributed by atoms with Gasteiger partial charge in [0.25, 0.3) is 6.71 Å². The highest BCUT2D eigenvalue weighted by Gasteiger charge is 2.44. The second-order valence-electron chi connectivity index (χ2n) is 10.9. The fraction of sp³-hybridized carbons (Fsp3) is 0.200. The van der Waals surface area contributed by atoms with Gasteiger partial charge >= 0.3 is 12.4 Å². The second kappa shape index (κ2) is 8.31. The maximum Gasteiger partial charge on any atom is 0.416 e. The largest absolute Gasteiger partial charge is 0.458 e. The summed E-state index contributed by atoms with van der Waals surface area (Å²) in [6, 6.07) is 19.6. The van der Waals surface area contributed by atoms with E-state index < -0.39 is 30.2 Å². The zero-order valence-electron chi connectivity index (χ0n) is 21.2. The smallest absolute Gasteiger partial charge is 0.416 e. The van der Waals surface area contributed by atoms with Crippen LogP contribution in [0.1, 0.15) is 37.5 Å². The molecular formula is C30H22BF6NO. The van der Waals surface area contributed by atoms with Crippen LogP contribution in [0, 0.1) is 0 Å². The van der Waals surface area contributed by atoms with Gasteiger partial charge in [0.1, 0.15) is 11.5 Å². The van der Waals surface area contributed by atoms with Gasteiger partial charge in [-0.25, -0.2) is 0 Å². The van der Waals surface area contributed by atoms with Crippen LogP contribution in [-0.2, 0) is 17.8 Å². The van der Waals surface area contributed by atoms with Crippen molar-refractivity contribution in [3.8, 4) is 11.5 Å². The lowest BCUT2D eigenvalue weighted by Gasteiger charge is -2.40.